The van der Waals surface area contributed by atoms with Gasteiger partial charge in [0, 0.05) is 0 Å². The third kappa shape index (κ3) is 3.53. The number of halogens is 1. The Hall–Kier alpha value is -1.96. The van der Waals surface area contributed by atoms with E-state index in [0.29, 0.717) is 0 Å². The molecule has 0 aliphatic rings. The van der Waals surface area contributed by atoms with Gasteiger partial charge in [-0.15, -0.1) is 0 Å². The first-order valence-corrected chi connectivity index (χ1v) is 10.8. The van der Waals surface area contributed by atoms with Gasteiger partial charge in [-0.2, -0.15) is 0 Å². The fraction of sp³-hybridized carbons (Fsp3) is 0.0952. The van der Waals surface area contributed by atoms with Gasteiger partial charge in [0.2, 0.25) is 0 Å². The molecule has 126 valence electrons. The first-order valence-electron chi connectivity index (χ1n) is 8.07. The number of hydrogen-bond acceptors (Lipinski definition) is 1. The Bertz CT molecular complexity index is 726. The SMILES string of the molecule is O=C(O)CC(Br)[P+](c1ccccc1)(c1ccccc1)c1ccccc1. The molecule has 0 saturated carbocycles. The highest BCUT2D eigenvalue weighted by Crippen LogP contribution is 2.62. The number of aliphatic carboxylic acids is 1. The molecule has 0 spiro atoms. The predicted molar refractivity (Wildman–Crippen MR) is 110 cm³/mol. The molecule has 3 aromatic carbocycles. The summed E-state index contributed by atoms with van der Waals surface area (Å²) in [5, 5.41) is 13.0. The molecule has 1 unspecified atom stereocenters. The molecular weight excluding hydrogens is 395 g/mol. The van der Waals surface area contributed by atoms with Crippen molar-refractivity contribution >= 4 is 45.1 Å². The zero-order valence-electron chi connectivity index (χ0n) is 13.6. The lowest BCUT2D eigenvalue weighted by molar-refractivity contribution is -0.136. The van der Waals surface area contributed by atoms with Gasteiger partial charge in [-0.25, -0.2) is 0 Å². The van der Waals surface area contributed by atoms with Crippen LogP contribution < -0.4 is 15.9 Å². The van der Waals surface area contributed by atoms with Gasteiger partial charge in [0.1, 0.15) is 27.7 Å². The molecule has 25 heavy (non-hydrogen) atoms. The van der Waals surface area contributed by atoms with Gasteiger partial charge in [0.25, 0.3) is 0 Å². The molecule has 3 rings (SSSR count). The summed E-state index contributed by atoms with van der Waals surface area (Å²) in [6.07, 6.45) is 0.0620. The van der Waals surface area contributed by atoms with Crippen molar-refractivity contribution in [2.45, 2.75) is 11.0 Å². The van der Waals surface area contributed by atoms with E-state index in [1.807, 2.05) is 54.6 Å². The average molecular weight is 414 g/mol. The fourth-order valence-corrected chi connectivity index (χ4v) is 9.83. The number of benzene rings is 3. The number of alkyl halides is 1. The molecular formula is C21H19BrO2P+. The molecule has 0 aliphatic heterocycles. The predicted octanol–water partition coefficient (Wildman–Crippen LogP) is 4.18. The second kappa shape index (κ2) is 7.95. The van der Waals surface area contributed by atoms with Gasteiger partial charge in [0.05, 0.1) is 6.42 Å². The standard InChI is InChI=1S/C21H18BrO2P/c22-20(16-21(23)24)25(17-10-4-1-5-11-17,18-12-6-2-7-13-18)19-14-8-3-9-15-19/h1-15,20H,16H2/p+1. The molecule has 0 aliphatic carbocycles. The van der Waals surface area contributed by atoms with Crippen molar-refractivity contribution < 1.29 is 9.90 Å². The molecule has 0 fully saturated rings. The second-order valence-corrected chi connectivity index (χ2v) is 11.2. The van der Waals surface area contributed by atoms with Crippen molar-refractivity contribution in [2.75, 3.05) is 0 Å². The van der Waals surface area contributed by atoms with Crippen LogP contribution in [0.5, 0.6) is 0 Å². The Labute approximate surface area is 157 Å². The maximum absolute atomic E-state index is 11.5. The van der Waals surface area contributed by atoms with E-state index in [-0.39, 0.29) is 11.0 Å². The topological polar surface area (TPSA) is 37.3 Å². The quantitative estimate of drug-likeness (QED) is 0.486. The van der Waals surface area contributed by atoms with Crippen LogP contribution in [0, 0.1) is 0 Å². The molecule has 0 bridgehead atoms. The number of rotatable bonds is 6. The first kappa shape index (κ1) is 17.8. The molecule has 1 atom stereocenters. The monoisotopic (exact) mass is 413 g/mol. The van der Waals surface area contributed by atoms with Crippen LogP contribution in [0.2, 0.25) is 0 Å². The Morgan fingerprint density at radius 2 is 1.08 bits per heavy atom. The van der Waals surface area contributed by atoms with Gasteiger partial charge in [0.15, 0.2) is 0 Å². The fourth-order valence-electron chi connectivity index (χ4n) is 3.20. The lowest BCUT2D eigenvalue weighted by atomic mass is 10.3. The van der Waals surface area contributed by atoms with Crippen LogP contribution in [0.3, 0.4) is 0 Å². The number of carboxylic acid groups (broad SMARTS) is 1. The lowest BCUT2D eigenvalue weighted by Crippen LogP contribution is -2.37. The normalized spacial score (nSPS) is 12.5. The Morgan fingerprint density at radius 1 is 0.760 bits per heavy atom. The summed E-state index contributed by atoms with van der Waals surface area (Å²) in [6.45, 7) is 0. The molecule has 0 saturated heterocycles. The highest BCUT2D eigenvalue weighted by Gasteiger charge is 2.52. The first-order chi connectivity index (χ1) is 12.2. The summed E-state index contributed by atoms with van der Waals surface area (Å²) in [5.74, 6) is -0.797. The van der Waals surface area contributed by atoms with E-state index in [0.717, 1.165) is 0 Å². The highest BCUT2D eigenvalue weighted by atomic mass is 79.9. The third-order valence-electron chi connectivity index (χ3n) is 4.25. The van der Waals surface area contributed by atoms with E-state index in [4.69, 9.17) is 0 Å². The van der Waals surface area contributed by atoms with Crippen LogP contribution in [-0.4, -0.2) is 15.6 Å². The summed E-state index contributed by atoms with van der Waals surface area (Å²) in [4.78, 5) is 11.5. The molecule has 0 radical (unpaired) electrons. The van der Waals surface area contributed by atoms with Gasteiger partial charge < -0.3 is 5.11 Å². The Balaban J connectivity index is 2.33. The van der Waals surface area contributed by atoms with E-state index < -0.39 is 13.2 Å². The minimum Gasteiger partial charge on any atom is -0.481 e. The van der Waals surface area contributed by atoms with Crippen molar-refractivity contribution in [2.24, 2.45) is 0 Å². The summed E-state index contributed by atoms with van der Waals surface area (Å²) in [7, 11) is -2.16. The second-order valence-electron chi connectivity index (χ2n) is 5.76. The molecule has 0 aromatic heterocycles. The molecule has 0 amide bonds. The zero-order valence-corrected chi connectivity index (χ0v) is 16.1. The van der Waals surface area contributed by atoms with Crippen LogP contribution in [0.15, 0.2) is 91.0 Å². The smallest absolute Gasteiger partial charge is 0.308 e. The Morgan fingerprint density at radius 3 is 1.36 bits per heavy atom. The summed E-state index contributed by atoms with van der Waals surface area (Å²) >= 11 is 3.78. The largest absolute Gasteiger partial charge is 0.481 e. The van der Waals surface area contributed by atoms with E-state index in [1.165, 1.54) is 15.9 Å². The zero-order chi connectivity index (χ0) is 17.7. The number of carbonyl (C=O) groups is 1. The maximum atomic E-state index is 11.5. The van der Waals surface area contributed by atoms with Crippen molar-refractivity contribution in [3.8, 4) is 0 Å². The molecule has 4 heteroatoms. The van der Waals surface area contributed by atoms with Gasteiger partial charge in [-0.05, 0) is 52.3 Å². The lowest BCUT2D eigenvalue weighted by Gasteiger charge is -2.31. The molecule has 3 aromatic rings. The van der Waals surface area contributed by atoms with Gasteiger partial charge >= 0.3 is 5.97 Å². The summed E-state index contributed by atoms with van der Waals surface area (Å²) in [6, 6.07) is 30.8. The van der Waals surface area contributed by atoms with Crippen LogP contribution in [-0.2, 0) is 4.79 Å². The highest BCUT2D eigenvalue weighted by molar-refractivity contribution is 9.11. The third-order valence-corrected chi connectivity index (χ3v) is 10.8. The van der Waals surface area contributed by atoms with Gasteiger partial charge in [-0.3, -0.25) is 4.79 Å². The summed E-state index contributed by atoms with van der Waals surface area (Å²) < 4.78 is -0.190. The van der Waals surface area contributed by atoms with E-state index >= 15 is 0 Å². The molecule has 1 N–H and O–H groups in total. The van der Waals surface area contributed by atoms with Crippen molar-refractivity contribution in [1.82, 2.24) is 0 Å². The summed E-state index contributed by atoms with van der Waals surface area (Å²) in [5.41, 5.74) is 0. The molecule has 0 heterocycles. The minimum atomic E-state index is -2.16. The number of hydrogen-bond donors (Lipinski definition) is 1. The average Bonchev–Trinajstić information content (AvgIpc) is 2.64. The Kier molecular flexibility index (Phi) is 5.67. The molecule has 2 nitrogen and oxygen atoms in total. The van der Waals surface area contributed by atoms with Gasteiger partial charge in [-0.1, -0.05) is 54.6 Å². The van der Waals surface area contributed by atoms with Crippen molar-refractivity contribution in [3.63, 3.8) is 0 Å². The van der Waals surface area contributed by atoms with E-state index in [9.17, 15) is 9.90 Å². The van der Waals surface area contributed by atoms with Crippen LogP contribution in [0.1, 0.15) is 6.42 Å². The van der Waals surface area contributed by atoms with Crippen molar-refractivity contribution in [3.05, 3.63) is 91.0 Å². The van der Waals surface area contributed by atoms with Crippen LogP contribution in [0.4, 0.5) is 0 Å². The minimum absolute atomic E-state index is 0.0620. The van der Waals surface area contributed by atoms with Crippen molar-refractivity contribution in [1.29, 1.82) is 0 Å². The number of carboxylic acids is 1. The van der Waals surface area contributed by atoms with Crippen LogP contribution >= 0.6 is 23.2 Å². The maximum Gasteiger partial charge on any atom is 0.308 e. The van der Waals surface area contributed by atoms with Crippen LogP contribution in [0.25, 0.3) is 0 Å². The van der Waals surface area contributed by atoms with E-state index in [2.05, 4.69) is 52.3 Å². The van der Waals surface area contributed by atoms with E-state index in [1.54, 1.807) is 0 Å².